The summed E-state index contributed by atoms with van der Waals surface area (Å²) in [5.74, 6) is -0.139. The number of amides is 3. The van der Waals surface area contributed by atoms with E-state index in [9.17, 15) is 14.4 Å². The summed E-state index contributed by atoms with van der Waals surface area (Å²) in [4.78, 5) is 41.6. The molecule has 0 spiro atoms. The lowest BCUT2D eigenvalue weighted by molar-refractivity contribution is -0.143. The number of fused-ring (bicyclic) bond motifs is 1. The summed E-state index contributed by atoms with van der Waals surface area (Å²) in [6.45, 7) is 5.37. The van der Waals surface area contributed by atoms with Crippen molar-refractivity contribution in [1.29, 1.82) is 0 Å². The number of nitrogens with one attached hydrogen (secondary N) is 4. The number of carbonyl (C=O) groups is 3. The molecule has 38 heavy (non-hydrogen) atoms. The molecule has 2 aliphatic rings. The Labute approximate surface area is 230 Å². The lowest BCUT2D eigenvalue weighted by atomic mass is 9.93. The number of thiocarbonyl (C=S) groups is 1. The molecule has 210 valence electrons. The van der Waals surface area contributed by atoms with Crippen LogP contribution in [0.5, 0.6) is 5.75 Å². The number of ether oxygens (including phenoxy) is 1. The molecular formula is C27H42N6O4S. The molecule has 1 aromatic carbocycles. The maximum Gasteiger partial charge on any atom is 0.246 e. The zero-order valence-corrected chi connectivity index (χ0v) is 23.4. The minimum absolute atomic E-state index is 0.0372. The predicted molar refractivity (Wildman–Crippen MR) is 151 cm³/mol. The van der Waals surface area contributed by atoms with Crippen LogP contribution in [-0.2, 0) is 20.8 Å². The Kier molecular flexibility index (Phi) is 11.1. The number of benzene rings is 1. The second-order valence-electron chi connectivity index (χ2n) is 9.96. The standard InChI is InChI=1S/C27H42N6O4S/c1-4-21(28)24(34)32-23-18(16-31-27(38)29-5-2)8-9-19-10-13-22(33(19)26(23)36)25(35)30-15-14-17-6-11-20(37-3)12-7-17/h6-7,11-12,18-19,21-23H,4-5,8-10,13-16,28H2,1-3H3,(H,30,35)(H,32,34)(H2,29,31,38)/t18-,19+,21+,22+,23+/m1/s1. The van der Waals surface area contributed by atoms with Gasteiger partial charge in [-0.15, -0.1) is 0 Å². The van der Waals surface area contributed by atoms with E-state index in [1.54, 1.807) is 12.0 Å². The highest BCUT2D eigenvalue weighted by Gasteiger charge is 2.47. The van der Waals surface area contributed by atoms with E-state index in [4.69, 9.17) is 22.7 Å². The number of hydrogen-bond donors (Lipinski definition) is 5. The summed E-state index contributed by atoms with van der Waals surface area (Å²) in [6, 6.07) is 5.65. The van der Waals surface area contributed by atoms with Crippen molar-refractivity contribution in [3.05, 3.63) is 29.8 Å². The Morgan fingerprint density at radius 3 is 2.47 bits per heavy atom. The summed E-state index contributed by atoms with van der Waals surface area (Å²) < 4.78 is 5.19. The number of carbonyl (C=O) groups excluding carboxylic acids is 3. The maximum atomic E-state index is 13.9. The topological polar surface area (TPSA) is 138 Å². The third kappa shape index (κ3) is 7.57. The van der Waals surface area contributed by atoms with Crippen LogP contribution in [0.4, 0.5) is 0 Å². The van der Waals surface area contributed by atoms with Gasteiger partial charge in [-0.3, -0.25) is 14.4 Å². The summed E-state index contributed by atoms with van der Waals surface area (Å²) in [7, 11) is 1.62. The van der Waals surface area contributed by atoms with Gasteiger partial charge in [-0.25, -0.2) is 0 Å². The first kappa shape index (κ1) is 29.6. The average molecular weight is 547 g/mol. The minimum atomic E-state index is -0.783. The van der Waals surface area contributed by atoms with Crippen molar-refractivity contribution in [2.24, 2.45) is 11.7 Å². The zero-order chi connectivity index (χ0) is 27.7. The largest absolute Gasteiger partial charge is 0.497 e. The Morgan fingerprint density at radius 1 is 1.11 bits per heavy atom. The number of nitrogens with zero attached hydrogens (tertiary/aromatic N) is 1. The van der Waals surface area contributed by atoms with E-state index in [-0.39, 0.29) is 29.7 Å². The van der Waals surface area contributed by atoms with Crippen molar-refractivity contribution >= 4 is 35.1 Å². The molecule has 2 saturated heterocycles. The molecule has 0 aromatic heterocycles. The number of hydrogen-bond acceptors (Lipinski definition) is 6. The summed E-state index contributed by atoms with van der Waals surface area (Å²) in [5.41, 5.74) is 7.06. The predicted octanol–water partition coefficient (Wildman–Crippen LogP) is 0.830. The van der Waals surface area contributed by atoms with Crippen molar-refractivity contribution in [2.75, 3.05) is 26.7 Å². The van der Waals surface area contributed by atoms with E-state index >= 15 is 0 Å². The van der Waals surface area contributed by atoms with Crippen molar-refractivity contribution in [3.8, 4) is 5.75 Å². The van der Waals surface area contributed by atoms with Gasteiger partial charge in [-0.05, 0) is 75.4 Å². The molecule has 2 aliphatic heterocycles. The molecule has 3 amide bonds. The highest BCUT2D eigenvalue weighted by molar-refractivity contribution is 7.80. The fourth-order valence-corrected chi connectivity index (χ4v) is 5.45. The highest BCUT2D eigenvalue weighted by Crippen LogP contribution is 2.34. The fourth-order valence-electron chi connectivity index (χ4n) is 5.22. The molecule has 2 heterocycles. The number of rotatable bonds is 11. The molecule has 2 fully saturated rings. The van der Waals surface area contributed by atoms with E-state index in [1.807, 2.05) is 38.1 Å². The molecule has 11 heteroatoms. The molecule has 6 N–H and O–H groups in total. The SMILES string of the molecule is CCNC(=S)NC[C@H]1CC[C@H]2CC[C@@H](C(=O)NCCc3ccc(OC)cc3)N2C(=O)[C@H]1NC(=O)[C@@H](N)CC. The maximum absolute atomic E-state index is 13.9. The second kappa shape index (κ2) is 14.3. The first-order valence-corrected chi connectivity index (χ1v) is 14.0. The lowest BCUT2D eigenvalue weighted by Gasteiger charge is -2.32. The van der Waals surface area contributed by atoms with Gasteiger partial charge < -0.3 is 36.6 Å². The van der Waals surface area contributed by atoms with Crippen LogP contribution < -0.4 is 31.7 Å². The Balaban J connectivity index is 1.69. The molecule has 10 nitrogen and oxygen atoms in total. The average Bonchev–Trinajstić information content (AvgIpc) is 3.30. The minimum Gasteiger partial charge on any atom is -0.497 e. The van der Waals surface area contributed by atoms with Gasteiger partial charge >= 0.3 is 0 Å². The number of methoxy groups -OCH3 is 1. The van der Waals surface area contributed by atoms with Gasteiger partial charge in [0, 0.05) is 31.6 Å². The van der Waals surface area contributed by atoms with Gasteiger partial charge in [0.15, 0.2) is 5.11 Å². The van der Waals surface area contributed by atoms with E-state index in [1.165, 1.54) is 0 Å². The van der Waals surface area contributed by atoms with Gasteiger partial charge in [0.2, 0.25) is 17.7 Å². The Hall–Kier alpha value is -2.92. The normalized spacial score (nSPS) is 23.6. The second-order valence-corrected chi connectivity index (χ2v) is 10.4. The highest BCUT2D eigenvalue weighted by atomic mass is 32.1. The third-order valence-electron chi connectivity index (χ3n) is 7.48. The monoisotopic (exact) mass is 546 g/mol. The van der Waals surface area contributed by atoms with Crippen molar-refractivity contribution < 1.29 is 19.1 Å². The van der Waals surface area contributed by atoms with Gasteiger partial charge in [-0.1, -0.05) is 19.1 Å². The molecule has 3 rings (SSSR count). The first-order valence-electron chi connectivity index (χ1n) is 13.6. The smallest absolute Gasteiger partial charge is 0.246 e. The van der Waals surface area contributed by atoms with Gasteiger partial charge in [0.05, 0.1) is 13.2 Å². The Bertz CT molecular complexity index is 975. The molecular weight excluding hydrogens is 504 g/mol. The number of nitrogens with two attached hydrogens (primary N) is 1. The van der Waals surface area contributed by atoms with Crippen molar-refractivity contribution in [2.45, 2.75) is 76.5 Å². The van der Waals surface area contributed by atoms with Crippen molar-refractivity contribution in [1.82, 2.24) is 26.2 Å². The van der Waals surface area contributed by atoms with Crippen molar-refractivity contribution in [3.63, 3.8) is 0 Å². The van der Waals surface area contributed by atoms with Gasteiger partial charge in [0.1, 0.15) is 17.8 Å². The first-order chi connectivity index (χ1) is 18.3. The van der Waals surface area contributed by atoms with Gasteiger partial charge in [0.25, 0.3) is 0 Å². The molecule has 0 bridgehead atoms. The van der Waals surface area contributed by atoms with E-state index < -0.39 is 18.1 Å². The lowest BCUT2D eigenvalue weighted by Crippen LogP contribution is -2.59. The molecule has 0 radical (unpaired) electrons. The summed E-state index contributed by atoms with van der Waals surface area (Å²) in [6.07, 6.45) is 3.97. The summed E-state index contributed by atoms with van der Waals surface area (Å²) >= 11 is 5.31. The van der Waals surface area contributed by atoms with Gasteiger partial charge in [-0.2, -0.15) is 0 Å². The van der Waals surface area contributed by atoms with Crippen LogP contribution in [0.1, 0.15) is 51.5 Å². The molecule has 5 atom stereocenters. The fraction of sp³-hybridized carbons (Fsp3) is 0.630. The Morgan fingerprint density at radius 2 is 1.82 bits per heavy atom. The van der Waals surface area contributed by atoms with Crippen LogP contribution in [0.15, 0.2) is 24.3 Å². The van der Waals surface area contributed by atoms with Crippen LogP contribution in [-0.4, -0.2) is 78.6 Å². The van der Waals surface area contributed by atoms with E-state index in [0.29, 0.717) is 50.4 Å². The molecule has 0 aliphatic carbocycles. The van der Waals surface area contributed by atoms with Crippen LogP contribution in [0.25, 0.3) is 0 Å². The van der Waals surface area contributed by atoms with Crippen LogP contribution in [0, 0.1) is 5.92 Å². The molecule has 0 saturated carbocycles. The van der Waals surface area contributed by atoms with E-state index in [2.05, 4.69) is 21.3 Å². The van der Waals surface area contributed by atoms with Crippen LogP contribution in [0.3, 0.4) is 0 Å². The van der Waals surface area contributed by atoms with Crippen LogP contribution >= 0.6 is 12.2 Å². The van der Waals surface area contributed by atoms with Crippen LogP contribution in [0.2, 0.25) is 0 Å². The zero-order valence-electron chi connectivity index (χ0n) is 22.6. The molecule has 1 aromatic rings. The molecule has 0 unspecified atom stereocenters. The quantitative estimate of drug-likeness (QED) is 0.257. The van der Waals surface area contributed by atoms with E-state index in [0.717, 1.165) is 24.2 Å². The third-order valence-corrected chi connectivity index (χ3v) is 7.76. The summed E-state index contributed by atoms with van der Waals surface area (Å²) in [5, 5.41) is 12.7.